The molecule has 1 N–H and O–H groups in total. The molecule has 1 aliphatic heterocycles. The zero-order chi connectivity index (χ0) is 17.5. The number of amides is 2. The van der Waals surface area contributed by atoms with Crippen molar-refractivity contribution in [3.8, 4) is 0 Å². The number of likely N-dealkylation sites (tertiary alicyclic amines) is 1. The second-order valence-electron chi connectivity index (χ2n) is 6.22. The number of carbonyl (C=O) groups is 2. The molecule has 25 heavy (non-hydrogen) atoms. The molecule has 2 amide bonds. The van der Waals surface area contributed by atoms with Gasteiger partial charge in [-0.25, -0.2) is 0 Å². The SMILES string of the molecule is O=C(NCCC(=O)N1CCCCCC1c1ccncc1)c1cccs1. The van der Waals surface area contributed by atoms with Crippen molar-refractivity contribution in [3.05, 3.63) is 52.5 Å². The Hall–Kier alpha value is -2.21. The van der Waals surface area contributed by atoms with Crippen LogP contribution in [0, 0.1) is 0 Å². The molecule has 0 spiro atoms. The number of thiophene rings is 1. The lowest BCUT2D eigenvalue weighted by molar-refractivity contribution is -0.133. The third-order valence-electron chi connectivity index (χ3n) is 4.53. The number of hydrogen-bond acceptors (Lipinski definition) is 4. The minimum atomic E-state index is -0.107. The number of rotatable bonds is 5. The second-order valence-corrected chi connectivity index (χ2v) is 7.16. The first-order valence-electron chi connectivity index (χ1n) is 8.77. The minimum absolute atomic E-state index is 0.107. The van der Waals surface area contributed by atoms with Crippen LogP contribution in [0.25, 0.3) is 0 Å². The number of hydrogen-bond donors (Lipinski definition) is 1. The van der Waals surface area contributed by atoms with Crippen LogP contribution < -0.4 is 5.32 Å². The van der Waals surface area contributed by atoms with Gasteiger partial charge in [0.2, 0.25) is 5.91 Å². The molecule has 0 aliphatic carbocycles. The van der Waals surface area contributed by atoms with E-state index in [0.29, 0.717) is 17.8 Å². The van der Waals surface area contributed by atoms with Gasteiger partial charge in [0.05, 0.1) is 10.9 Å². The van der Waals surface area contributed by atoms with Gasteiger partial charge in [-0.15, -0.1) is 11.3 Å². The highest BCUT2D eigenvalue weighted by Crippen LogP contribution is 2.30. The highest BCUT2D eigenvalue weighted by molar-refractivity contribution is 7.12. The number of carbonyl (C=O) groups excluding carboxylic acids is 2. The van der Waals surface area contributed by atoms with E-state index in [1.807, 2.05) is 28.5 Å². The lowest BCUT2D eigenvalue weighted by Gasteiger charge is -2.30. The Bertz CT molecular complexity index is 688. The molecule has 6 heteroatoms. The second kappa shape index (κ2) is 8.76. The van der Waals surface area contributed by atoms with Crippen molar-refractivity contribution in [1.29, 1.82) is 0 Å². The molecule has 1 fully saturated rings. The van der Waals surface area contributed by atoms with E-state index in [4.69, 9.17) is 0 Å². The summed E-state index contributed by atoms with van der Waals surface area (Å²) in [6.45, 7) is 1.15. The van der Waals surface area contributed by atoms with Crippen LogP contribution in [0.3, 0.4) is 0 Å². The summed E-state index contributed by atoms with van der Waals surface area (Å²) in [6, 6.07) is 7.74. The van der Waals surface area contributed by atoms with Crippen molar-refractivity contribution in [2.75, 3.05) is 13.1 Å². The van der Waals surface area contributed by atoms with Crippen LogP contribution in [0.15, 0.2) is 42.0 Å². The maximum atomic E-state index is 12.8. The monoisotopic (exact) mass is 357 g/mol. The Morgan fingerprint density at radius 2 is 2.04 bits per heavy atom. The van der Waals surface area contributed by atoms with Crippen LogP contribution in [0.5, 0.6) is 0 Å². The van der Waals surface area contributed by atoms with Crippen LogP contribution in [0.4, 0.5) is 0 Å². The van der Waals surface area contributed by atoms with Gasteiger partial charge in [0, 0.05) is 31.9 Å². The van der Waals surface area contributed by atoms with Gasteiger partial charge in [-0.3, -0.25) is 14.6 Å². The van der Waals surface area contributed by atoms with E-state index >= 15 is 0 Å². The fourth-order valence-electron chi connectivity index (χ4n) is 3.26. The Morgan fingerprint density at radius 1 is 1.20 bits per heavy atom. The molecular formula is C19H23N3O2S. The molecule has 5 nitrogen and oxygen atoms in total. The molecule has 1 aliphatic rings. The lowest BCUT2D eigenvalue weighted by Crippen LogP contribution is -2.37. The predicted molar refractivity (Wildman–Crippen MR) is 98.4 cm³/mol. The molecule has 132 valence electrons. The van der Waals surface area contributed by atoms with Gasteiger partial charge in [0.1, 0.15) is 0 Å². The van der Waals surface area contributed by atoms with Crippen molar-refractivity contribution < 1.29 is 9.59 Å². The van der Waals surface area contributed by atoms with Gasteiger partial charge >= 0.3 is 0 Å². The van der Waals surface area contributed by atoms with Crippen LogP contribution in [0.1, 0.15) is 53.4 Å². The van der Waals surface area contributed by atoms with E-state index in [-0.39, 0.29) is 17.9 Å². The highest BCUT2D eigenvalue weighted by atomic mass is 32.1. The number of pyridine rings is 1. The number of nitrogens with zero attached hydrogens (tertiary/aromatic N) is 2. The molecule has 2 aromatic rings. The van der Waals surface area contributed by atoms with E-state index in [1.54, 1.807) is 18.5 Å². The maximum Gasteiger partial charge on any atom is 0.261 e. The fraction of sp³-hybridized carbons (Fsp3) is 0.421. The summed E-state index contributed by atoms with van der Waals surface area (Å²) in [7, 11) is 0. The van der Waals surface area contributed by atoms with Gasteiger partial charge in [-0.1, -0.05) is 18.9 Å². The Labute approximate surface area is 152 Å². The molecule has 2 aromatic heterocycles. The van der Waals surface area contributed by atoms with E-state index in [0.717, 1.165) is 37.8 Å². The molecule has 3 heterocycles. The molecule has 1 unspecified atom stereocenters. The normalized spacial score (nSPS) is 17.8. The van der Waals surface area contributed by atoms with E-state index in [1.165, 1.54) is 11.3 Å². The zero-order valence-electron chi connectivity index (χ0n) is 14.2. The van der Waals surface area contributed by atoms with E-state index in [2.05, 4.69) is 10.3 Å². The predicted octanol–water partition coefficient (Wildman–Crippen LogP) is 3.41. The Morgan fingerprint density at radius 3 is 2.80 bits per heavy atom. The molecule has 3 rings (SSSR count). The van der Waals surface area contributed by atoms with Crippen LogP contribution in [0.2, 0.25) is 0 Å². The van der Waals surface area contributed by atoms with Crippen LogP contribution >= 0.6 is 11.3 Å². The molecule has 0 radical (unpaired) electrons. The van der Waals surface area contributed by atoms with Crippen molar-refractivity contribution in [2.45, 2.75) is 38.1 Å². The van der Waals surface area contributed by atoms with Gasteiger partial charge in [-0.2, -0.15) is 0 Å². The summed E-state index contributed by atoms with van der Waals surface area (Å²) < 4.78 is 0. The average molecular weight is 357 g/mol. The zero-order valence-corrected chi connectivity index (χ0v) is 15.0. The summed E-state index contributed by atoms with van der Waals surface area (Å²) in [5.41, 5.74) is 1.15. The molecular weight excluding hydrogens is 334 g/mol. The lowest BCUT2D eigenvalue weighted by atomic mass is 10.0. The summed E-state index contributed by atoms with van der Waals surface area (Å²) in [6.07, 6.45) is 8.20. The maximum absolute atomic E-state index is 12.8. The van der Waals surface area contributed by atoms with Crippen molar-refractivity contribution in [3.63, 3.8) is 0 Å². The summed E-state index contributed by atoms with van der Waals surface area (Å²) in [5, 5.41) is 4.71. The van der Waals surface area contributed by atoms with Crippen molar-refractivity contribution >= 4 is 23.2 Å². The van der Waals surface area contributed by atoms with Crippen molar-refractivity contribution in [2.24, 2.45) is 0 Å². The van der Waals surface area contributed by atoms with E-state index in [9.17, 15) is 9.59 Å². The van der Waals surface area contributed by atoms with Gasteiger partial charge in [-0.05, 0) is 42.0 Å². The first kappa shape index (κ1) is 17.6. The molecule has 1 saturated heterocycles. The van der Waals surface area contributed by atoms with Crippen molar-refractivity contribution in [1.82, 2.24) is 15.2 Å². The molecule has 0 aromatic carbocycles. The quantitative estimate of drug-likeness (QED) is 0.892. The summed E-state index contributed by atoms with van der Waals surface area (Å²) in [5.74, 6) is -0.000424. The minimum Gasteiger partial charge on any atom is -0.351 e. The summed E-state index contributed by atoms with van der Waals surface area (Å²) in [4.78, 5) is 31.5. The number of aromatic nitrogens is 1. The largest absolute Gasteiger partial charge is 0.351 e. The Kier molecular flexibility index (Phi) is 6.17. The standard InChI is InChI=1S/C19H23N3O2S/c23-18(9-12-21-19(24)17-6-4-14-25-17)22-13-3-1-2-5-16(22)15-7-10-20-11-8-15/h4,6-8,10-11,14,16H,1-3,5,9,12-13H2,(H,21,24). The third kappa shape index (κ3) is 4.66. The molecule has 1 atom stereocenters. The third-order valence-corrected chi connectivity index (χ3v) is 5.40. The van der Waals surface area contributed by atoms with E-state index < -0.39 is 0 Å². The average Bonchev–Trinajstić information content (AvgIpc) is 3.07. The highest BCUT2D eigenvalue weighted by Gasteiger charge is 2.26. The van der Waals surface area contributed by atoms with Gasteiger partial charge < -0.3 is 10.2 Å². The first-order valence-corrected chi connectivity index (χ1v) is 9.65. The van der Waals surface area contributed by atoms with Crippen LogP contribution in [-0.2, 0) is 4.79 Å². The summed E-state index contributed by atoms with van der Waals surface area (Å²) >= 11 is 1.41. The topological polar surface area (TPSA) is 62.3 Å². The molecule has 0 saturated carbocycles. The first-order chi connectivity index (χ1) is 12.3. The van der Waals surface area contributed by atoms with Gasteiger partial charge in [0.25, 0.3) is 5.91 Å². The Balaban J connectivity index is 1.59. The smallest absolute Gasteiger partial charge is 0.261 e. The number of nitrogens with one attached hydrogen (secondary N) is 1. The molecule has 0 bridgehead atoms. The van der Waals surface area contributed by atoms with Gasteiger partial charge in [0.15, 0.2) is 0 Å². The van der Waals surface area contributed by atoms with Crippen LogP contribution in [-0.4, -0.2) is 34.8 Å². The fourth-order valence-corrected chi connectivity index (χ4v) is 3.90.